The molecule has 0 bridgehead atoms. The first-order valence-corrected chi connectivity index (χ1v) is 10.0. The van der Waals surface area contributed by atoms with Gasteiger partial charge in [0.05, 0.1) is 19.7 Å². The lowest BCUT2D eigenvalue weighted by atomic mass is 10.1. The Morgan fingerprint density at radius 2 is 1.83 bits per heavy atom. The molecule has 1 aromatic carbocycles. The minimum Gasteiger partial charge on any atom is -0.493 e. The van der Waals surface area contributed by atoms with Gasteiger partial charge in [0.1, 0.15) is 5.82 Å². The fourth-order valence-electron chi connectivity index (χ4n) is 4.07. The highest BCUT2D eigenvalue weighted by Gasteiger charge is 2.25. The predicted octanol–water partition coefficient (Wildman–Crippen LogP) is 2.80. The Bertz CT molecular complexity index is 900. The van der Waals surface area contributed by atoms with E-state index in [1.807, 2.05) is 12.1 Å². The van der Waals surface area contributed by atoms with Crippen LogP contribution in [0.15, 0.2) is 12.1 Å². The fraction of sp³-hybridized carbons (Fsp3) is 0.550. The van der Waals surface area contributed by atoms with E-state index in [0.29, 0.717) is 36.4 Å². The monoisotopic (exact) mass is 401 g/mol. The van der Waals surface area contributed by atoms with Crippen molar-refractivity contribution in [3.8, 4) is 11.5 Å². The number of amides is 1. The lowest BCUT2D eigenvalue weighted by Crippen LogP contribution is -2.44. The highest BCUT2D eigenvalue weighted by molar-refractivity contribution is 5.93. The van der Waals surface area contributed by atoms with Crippen LogP contribution in [0.2, 0.25) is 0 Å². The lowest BCUT2D eigenvalue weighted by molar-refractivity contribution is 0.133. The summed E-state index contributed by atoms with van der Waals surface area (Å²) >= 11 is 0. The van der Waals surface area contributed by atoms with E-state index in [2.05, 4.69) is 10.2 Å². The molecule has 156 valence electrons. The molecule has 4 rings (SSSR count). The number of piperidine rings is 1. The van der Waals surface area contributed by atoms with Crippen LogP contribution in [0.25, 0.3) is 10.9 Å². The van der Waals surface area contributed by atoms with Crippen molar-refractivity contribution in [3.63, 3.8) is 0 Å². The number of hydrogen-bond donors (Lipinski definition) is 2. The molecular formula is C20H27N5O4. The molecular weight excluding hydrogens is 374 g/mol. The number of nitrogens with one attached hydrogen (secondary N) is 1. The van der Waals surface area contributed by atoms with E-state index in [4.69, 9.17) is 19.4 Å². The van der Waals surface area contributed by atoms with Crippen molar-refractivity contribution in [1.29, 1.82) is 0 Å². The van der Waals surface area contributed by atoms with Gasteiger partial charge in [0, 0.05) is 43.7 Å². The van der Waals surface area contributed by atoms with Crippen molar-refractivity contribution in [2.45, 2.75) is 31.7 Å². The zero-order chi connectivity index (χ0) is 20.4. The van der Waals surface area contributed by atoms with Crippen LogP contribution in [0.1, 0.15) is 25.7 Å². The smallest absolute Gasteiger partial charge is 0.407 e. The minimum absolute atomic E-state index is 0.00234. The van der Waals surface area contributed by atoms with Crippen LogP contribution in [0.5, 0.6) is 11.5 Å². The number of anilines is 2. The molecule has 1 amide bonds. The second-order valence-electron chi connectivity index (χ2n) is 7.50. The Morgan fingerprint density at radius 1 is 1.10 bits per heavy atom. The summed E-state index contributed by atoms with van der Waals surface area (Å²) < 4.78 is 10.9. The van der Waals surface area contributed by atoms with Gasteiger partial charge < -0.3 is 29.7 Å². The number of methoxy groups -OCH3 is 2. The van der Waals surface area contributed by atoms with Crippen molar-refractivity contribution < 1.29 is 19.4 Å². The van der Waals surface area contributed by atoms with Crippen LogP contribution in [0.3, 0.4) is 0 Å². The number of likely N-dealkylation sites (tertiary alicyclic amines) is 1. The molecule has 9 nitrogen and oxygen atoms in total. The molecule has 2 N–H and O–H groups in total. The summed E-state index contributed by atoms with van der Waals surface area (Å²) in [6.45, 7) is 2.89. The average molecular weight is 401 g/mol. The largest absolute Gasteiger partial charge is 0.493 e. The Morgan fingerprint density at radius 3 is 2.52 bits per heavy atom. The maximum Gasteiger partial charge on any atom is 0.407 e. The van der Waals surface area contributed by atoms with E-state index in [1.54, 1.807) is 14.2 Å². The van der Waals surface area contributed by atoms with Gasteiger partial charge in [0.25, 0.3) is 0 Å². The molecule has 2 saturated heterocycles. The highest BCUT2D eigenvalue weighted by Crippen LogP contribution is 2.36. The summed E-state index contributed by atoms with van der Waals surface area (Å²) in [7, 11) is 3.20. The molecule has 1 atom stereocenters. The number of rotatable bonds is 5. The standard InChI is InChI=1S/C20H27N5O4/c1-28-16-10-14-15(11-17(16)29-2)22-19(24-7-3-4-8-24)23-18(14)21-13-6-5-9-25(12-13)20(26)27/h10-11,13H,3-9,12H2,1-2H3,(H,26,27)(H,21,22,23). The third-order valence-electron chi connectivity index (χ3n) is 5.61. The fourth-order valence-corrected chi connectivity index (χ4v) is 4.07. The minimum atomic E-state index is -0.881. The molecule has 0 radical (unpaired) electrons. The van der Waals surface area contributed by atoms with Crippen molar-refractivity contribution in [3.05, 3.63) is 12.1 Å². The molecule has 0 aliphatic carbocycles. The number of aromatic nitrogens is 2. The van der Waals surface area contributed by atoms with Crippen LogP contribution in [-0.4, -0.2) is 72.5 Å². The van der Waals surface area contributed by atoms with Gasteiger partial charge in [-0.2, -0.15) is 4.98 Å². The van der Waals surface area contributed by atoms with Crippen LogP contribution in [-0.2, 0) is 0 Å². The van der Waals surface area contributed by atoms with Crippen molar-refractivity contribution >= 4 is 28.8 Å². The Kier molecular flexibility index (Phi) is 5.46. The summed E-state index contributed by atoms with van der Waals surface area (Å²) in [5, 5.41) is 13.7. The second-order valence-corrected chi connectivity index (χ2v) is 7.50. The molecule has 2 aliphatic heterocycles. The van der Waals surface area contributed by atoms with E-state index in [-0.39, 0.29) is 6.04 Å². The first-order chi connectivity index (χ1) is 14.1. The van der Waals surface area contributed by atoms with Gasteiger partial charge in [-0.15, -0.1) is 0 Å². The van der Waals surface area contributed by atoms with Gasteiger partial charge in [-0.1, -0.05) is 0 Å². The number of carbonyl (C=O) groups is 1. The van der Waals surface area contributed by atoms with E-state index in [1.165, 1.54) is 4.90 Å². The van der Waals surface area contributed by atoms with E-state index in [0.717, 1.165) is 49.7 Å². The summed E-state index contributed by atoms with van der Waals surface area (Å²) in [6, 6.07) is 3.74. The van der Waals surface area contributed by atoms with Crippen LogP contribution >= 0.6 is 0 Å². The average Bonchev–Trinajstić information content (AvgIpc) is 3.27. The first kappa shape index (κ1) is 19.4. The van der Waals surface area contributed by atoms with Crippen LogP contribution in [0.4, 0.5) is 16.6 Å². The zero-order valence-corrected chi connectivity index (χ0v) is 16.8. The molecule has 2 aliphatic rings. The third kappa shape index (κ3) is 3.94. The first-order valence-electron chi connectivity index (χ1n) is 10.0. The molecule has 0 spiro atoms. The maximum atomic E-state index is 11.4. The molecule has 2 fully saturated rings. The summed E-state index contributed by atoms with van der Waals surface area (Å²) in [4.78, 5) is 24.6. The van der Waals surface area contributed by atoms with Gasteiger partial charge >= 0.3 is 6.09 Å². The van der Waals surface area contributed by atoms with E-state index in [9.17, 15) is 9.90 Å². The Balaban J connectivity index is 1.74. The molecule has 29 heavy (non-hydrogen) atoms. The van der Waals surface area contributed by atoms with Crippen LogP contribution < -0.4 is 19.7 Å². The summed E-state index contributed by atoms with van der Waals surface area (Å²) in [5.74, 6) is 2.62. The summed E-state index contributed by atoms with van der Waals surface area (Å²) in [6.07, 6.45) is 3.09. The van der Waals surface area contributed by atoms with Gasteiger partial charge in [-0.3, -0.25) is 0 Å². The molecule has 9 heteroatoms. The van der Waals surface area contributed by atoms with Crippen LogP contribution in [0, 0.1) is 0 Å². The normalized spacial score (nSPS) is 19.4. The number of benzene rings is 1. The topological polar surface area (TPSA) is 100 Å². The zero-order valence-electron chi connectivity index (χ0n) is 16.8. The van der Waals surface area contributed by atoms with Crippen molar-refractivity contribution in [2.75, 3.05) is 50.6 Å². The van der Waals surface area contributed by atoms with Crippen molar-refractivity contribution in [1.82, 2.24) is 14.9 Å². The number of nitrogens with zero attached hydrogens (tertiary/aromatic N) is 4. The molecule has 2 aromatic rings. The Hall–Kier alpha value is -2.97. The van der Waals surface area contributed by atoms with Gasteiger partial charge in [0.15, 0.2) is 11.5 Å². The van der Waals surface area contributed by atoms with E-state index < -0.39 is 6.09 Å². The number of hydrogen-bond acceptors (Lipinski definition) is 7. The quantitative estimate of drug-likeness (QED) is 0.789. The van der Waals surface area contributed by atoms with Crippen molar-refractivity contribution in [2.24, 2.45) is 0 Å². The van der Waals surface area contributed by atoms with Gasteiger partial charge in [-0.05, 0) is 31.7 Å². The van der Waals surface area contributed by atoms with Gasteiger partial charge in [-0.25, -0.2) is 9.78 Å². The molecule has 3 heterocycles. The van der Waals surface area contributed by atoms with E-state index >= 15 is 0 Å². The third-order valence-corrected chi connectivity index (χ3v) is 5.61. The SMILES string of the molecule is COc1cc2nc(N3CCCC3)nc(NC3CCCN(C(=O)O)C3)c2cc1OC. The second kappa shape index (κ2) is 8.18. The molecule has 1 unspecified atom stereocenters. The number of carboxylic acid groups (broad SMARTS) is 1. The molecule has 0 saturated carbocycles. The number of ether oxygens (including phenoxy) is 2. The highest BCUT2D eigenvalue weighted by atomic mass is 16.5. The summed E-state index contributed by atoms with van der Waals surface area (Å²) in [5.41, 5.74) is 0.771. The number of fused-ring (bicyclic) bond motifs is 1. The maximum absolute atomic E-state index is 11.4. The predicted molar refractivity (Wildman–Crippen MR) is 110 cm³/mol. The Labute approximate surface area is 169 Å². The lowest BCUT2D eigenvalue weighted by Gasteiger charge is -2.32. The van der Waals surface area contributed by atoms with Gasteiger partial charge in [0.2, 0.25) is 5.95 Å². The molecule has 1 aromatic heterocycles.